The summed E-state index contributed by atoms with van der Waals surface area (Å²) < 4.78 is 4.69. The quantitative estimate of drug-likeness (QED) is 0.591. The molecule has 0 aliphatic rings. The summed E-state index contributed by atoms with van der Waals surface area (Å²) in [7, 11) is 1.32. The number of methoxy groups -OCH3 is 1. The summed E-state index contributed by atoms with van der Waals surface area (Å²) in [4.78, 5) is 24.6. The number of nitro groups is 1. The fourth-order valence-electron chi connectivity index (χ4n) is 1.19. The second kappa shape index (κ2) is 6.12. The lowest BCUT2D eigenvalue weighted by molar-refractivity contribution is -0.384. The fraction of sp³-hybridized carbons (Fsp3) is 0.333. The second-order valence-electron chi connectivity index (χ2n) is 3.27. The lowest BCUT2D eigenvalue weighted by Gasteiger charge is -2.13. The molecule has 0 saturated heterocycles. The third-order valence-electron chi connectivity index (χ3n) is 1.97. The van der Waals surface area contributed by atoms with Crippen molar-refractivity contribution in [1.29, 1.82) is 0 Å². The number of hydrogen-bond donors (Lipinski definition) is 2. The highest BCUT2D eigenvalue weighted by Crippen LogP contribution is 2.25. The van der Waals surface area contributed by atoms with E-state index >= 15 is 0 Å². The van der Waals surface area contributed by atoms with E-state index in [1.165, 1.54) is 13.3 Å². The van der Waals surface area contributed by atoms with Crippen molar-refractivity contribution < 1.29 is 19.6 Å². The van der Waals surface area contributed by atoms with E-state index < -0.39 is 22.6 Å². The zero-order valence-electron chi connectivity index (χ0n) is 9.29. The monoisotopic (exact) mass is 275 g/mol. The van der Waals surface area contributed by atoms with E-state index in [4.69, 9.17) is 21.4 Å². The third-order valence-corrected chi connectivity index (χ3v) is 2.18. The molecule has 0 amide bonds. The molecular formula is C9H10ClN3O5. The van der Waals surface area contributed by atoms with Crippen LogP contribution in [0.4, 0.5) is 11.5 Å². The highest BCUT2D eigenvalue weighted by molar-refractivity contribution is 6.30. The zero-order valence-corrected chi connectivity index (χ0v) is 10.0. The first-order valence-corrected chi connectivity index (χ1v) is 5.11. The van der Waals surface area contributed by atoms with Crippen molar-refractivity contribution in [3.63, 3.8) is 0 Å². The van der Waals surface area contributed by atoms with Gasteiger partial charge in [0.15, 0.2) is 0 Å². The van der Waals surface area contributed by atoms with Crippen molar-refractivity contribution in [2.24, 2.45) is 0 Å². The highest BCUT2D eigenvalue weighted by Gasteiger charge is 2.23. The maximum absolute atomic E-state index is 10.9. The Hall–Kier alpha value is -1.93. The number of aliphatic carboxylic acids is 1. The first-order chi connectivity index (χ1) is 8.45. The Balaban J connectivity index is 3.01. The summed E-state index contributed by atoms with van der Waals surface area (Å²) in [5, 5.41) is 22.2. The van der Waals surface area contributed by atoms with E-state index in [-0.39, 0.29) is 17.4 Å². The van der Waals surface area contributed by atoms with Gasteiger partial charge in [-0.15, -0.1) is 0 Å². The van der Waals surface area contributed by atoms with Gasteiger partial charge in [0.1, 0.15) is 6.04 Å². The van der Waals surface area contributed by atoms with Gasteiger partial charge in [0.25, 0.3) is 0 Å². The van der Waals surface area contributed by atoms with E-state index in [0.717, 1.165) is 6.07 Å². The Bertz CT molecular complexity index is 468. The molecule has 0 aliphatic carbocycles. The molecule has 1 rings (SSSR count). The molecule has 1 unspecified atom stereocenters. The van der Waals surface area contributed by atoms with Gasteiger partial charge in [0.2, 0.25) is 5.82 Å². The number of halogens is 1. The SMILES string of the molecule is COCC(Nc1ncc(Cl)cc1[N+](=O)[O-])C(=O)O. The van der Waals surface area contributed by atoms with Gasteiger partial charge < -0.3 is 15.2 Å². The zero-order chi connectivity index (χ0) is 13.7. The fourth-order valence-corrected chi connectivity index (χ4v) is 1.34. The molecule has 0 aliphatic heterocycles. The molecule has 8 nitrogen and oxygen atoms in total. The number of aromatic nitrogens is 1. The molecule has 1 aromatic rings. The maximum atomic E-state index is 10.9. The van der Waals surface area contributed by atoms with Gasteiger partial charge in [0.05, 0.1) is 16.6 Å². The first-order valence-electron chi connectivity index (χ1n) is 4.74. The summed E-state index contributed by atoms with van der Waals surface area (Å²) in [6.07, 6.45) is 1.18. The molecule has 1 heterocycles. The standard InChI is InChI=1S/C9H10ClN3O5/c1-18-4-6(9(14)15)12-8-7(13(16)17)2-5(10)3-11-8/h2-3,6H,4H2,1H3,(H,11,12)(H,14,15). The van der Waals surface area contributed by atoms with Crippen LogP contribution >= 0.6 is 11.6 Å². The number of carbonyl (C=O) groups is 1. The van der Waals surface area contributed by atoms with Crippen molar-refractivity contribution in [2.45, 2.75) is 6.04 Å². The molecule has 0 bridgehead atoms. The number of carboxylic acid groups (broad SMARTS) is 1. The Labute approximate surface area is 107 Å². The van der Waals surface area contributed by atoms with Crippen LogP contribution in [0.2, 0.25) is 5.02 Å². The van der Waals surface area contributed by atoms with E-state index in [9.17, 15) is 14.9 Å². The predicted molar refractivity (Wildman–Crippen MR) is 62.8 cm³/mol. The van der Waals surface area contributed by atoms with Crippen molar-refractivity contribution in [2.75, 3.05) is 19.0 Å². The Kier molecular flexibility index (Phi) is 4.81. The predicted octanol–water partition coefficient (Wildman–Crippen LogP) is 1.15. The summed E-state index contributed by atoms with van der Waals surface area (Å²) in [5.41, 5.74) is -0.398. The van der Waals surface area contributed by atoms with Gasteiger partial charge in [0, 0.05) is 19.4 Å². The van der Waals surface area contributed by atoms with Gasteiger partial charge in [-0.05, 0) is 0 Å². The van der Waals surface area contributed by atoms with E-state index in [2.05, 4.69) is 10.3 Å². The number of hydrogen-bond acceptors (Lipinski definition) is 6. The number of nitrogens with zero attached hydrogens (tertiary/aromatic N) is 2. The molecule has 9 heteroatoms. The normalized spacial score (nSPS) is 11.9. The van der Waals surface area contributed by atoms with E-state index in [0.29, 0.717) is 0 Å². The lowest BCUT2D eigenvalue weighted by atomic mass is 10.3. The van der Waals surface area contributed by atoms with Crippen molar-refractivity contribution in [3.05, 3.63) is 27.4 Å². The van der Waals surface area contributed by atoms with E-state index in [1.54, 1.807) is 0 Å². The Morgan fingerprint density at radius 1 is 1.78 bits per heavy atom. The van der Waals surface area contributed by atoms with Crippen LogP contribution in [0.1, 0.15) is 0 Å². The number of nitrogens with one attached hydrogen (secondary N) is 1. The van der Waals surface area contributed by atoms with Crippen LogP contribution in [0.15, 0.2) is 12.3 Å². The minimum absolute atomic E-state index is 0.0888. The molecule has 2 N–H and O–H groups in total. The smallest absolute Gasteiger partial charge is 0.328 e. The summed E-state index contributed by atoms with van der Waals surface area (Å²) in [6.45, 7) is -0.156. The van der Waals surface area contributed by atoms with Gasteiger partial charge in [-0.1, -0.05) is 11.6 Å². The molecule has 0 radical (unpaired) electrons. The summed E-state index contributed by atoms with van der Waals surface area (Å²) in [6, 6.07) is -0.0508. The van der Waals surface area contributed by atoms with Crippen molar-refractivity contribution in [3.8, 4) is 0 Å². The van der Waals surface area contributed by atoms with Gasteiger partial charge in [-0.25, -0.2) is 9.78 Å². The minimum Gasteiger partial charge on any atom is -0.480 e. The maximum Gasteiger partial charge on any atom is 0.328 e. The van der Waals surface area contributed by atoms with Crippen LogP contribution in [0.5, 0.6) is 0 Å². The Morgan fingerprint density at radius 3 is 2.94 bits per heavy atom. The lowest BCUT2D eigenvalue weighted by Crippen LogP contribution is -2.34. The molecular weight excluding hydrogens is 266 g/mol. The largest absolute Gasteiger partial charge is 0.480 e. The topological polar surface area (TPSA) is 115 Å². The summed E-state index contributed by atoms with van der Waals surface area (Å²) in [5.74, 6) is -1.38. The second-order valence-corrected chi connectivity index (χ2v) is 3.71. The molecule has 1 aromatic heterocycles. The highest BCUT2D eigenvalue weighted by atomic mass is 35.5. The van der Waals surface area contributed by atoms with Crippen LogP contribution in [0, 0.1) is 10.1 Å². The van der Waals surface area contributed by atoms with Crippen LogP contribution in [0.25, 0.3) is 0 Å². The van der Waals surface area contributed by atoms with Crippen LogP contribution in [0.3, 0.4) is 0 Å². The van der Waals surface area contributed by atoms with Gasteiger partial charge in [-0.3, -0.25) is 10.1 Å². The van der Waals surface area contributed by atoms with Crippen LogP contribution < -0.4 is 5.32 Å². The first kappa shape index (κ1) is 14.1. The van der Waals surface area contributed by atoms with Gasteiger partial charge >= 0.3 is 11.7 Å². The van der Waals surface area contributed by atoms with Crippen LogP contribution in [-0.2, 0) is 9.53 Å². The molecule has 0 fully saturated rings. The summed E-state index contributed by atoms with van der Waals surface area (Å²) >= 11 is 5.59. The van der Waals surface area contributed by atoms with E-state index in [1.807, 2.05) is 0 Å². The van der Waals surface area contributed by atoms with Crippen molar-refractivity contribution >= 4 is 29.1 Å². The number of anilines is 1. The number of carboxylic acids is 1. The average Bonchev–Trinajstić information content (AvgIpc) is 2.30. The van der Waals surface area contributed by atoms with Crippen molar-refractivity contribution in [1.82, 2.24) is 4.98 Å². The molecule has 0 spiro atoms. The average molecular weight is 276 g/mol. The third kappa shape index (κ3) is 3.54. The number of rotatable bonds is 6. The molecule has 18 heavy (non-hydrogen) atoms. The number of pyridine rings is 1. The Morgan fingerprint density at radius 2 is 2.44 bits per heavy atom. The van der Waals surface area contributed by atoms with Gasteiger partial charge in [-0.2, -0.15) is 0 Å². The molecule has 0 saturated carbocycles. The minimum atomic E-state index is -1.21. The molecule has 98 valence electrons. The van der Waals surface area contributed by atoms with Crippen LogP contribution in [-0.4, -0.2) is 40.7 Å². The molecule has 0 aromatic carbocycles. The molecule has 1 atom stereocenters. The number of ether oxygens (including phenoxy) is 1.